The molecular formula is C18H24N4O. The lowest BCUT2D eigenvalue weighted by molar-refractivity contribution is 0.206. The van der Waals surface area contributed by atoms with Crippen molar-refractivity contribution in [2.45, 2.75) is 45.2 Å². The van der Waals surface area contributed by atoms with E-state index < -0.39 is 0 Å². The Morgan fingerprint density at radius 3 is 2.83 bits per heavy atom. The molecule has 0 spiro atoms. The SMILES string of the molecule is CN(Cc1n[nH]c2c1CCCCC2)C(=O)NCc1ccccc1. The Morgan fingerprint density at radius 1 is 1.22 bits per heavy atom. The van der Waals surface area contributed by atoms with Crippen LogP contribution in [-0.4, -0.2) is 28.2 Å². The second-order valence-corrected chi connectivity index (χ2v) is 6.19. The topological polar surface area (TPSA) is 61.0 Å². The number of amides is 2. The van der Waals surface area contributed by atoms with Gasteiger partial charge in [0.1, 0.15) is 0 Å². The van der Waals surface area contributed by atoms with Gasteiger partial charge in [0.15, 0.2) is 0 Å². The first kappa shape index (κ1) is 15.6. The fourth-order valence-electron chi connectivity index (χ4n) is 3.06. The molecule has 1 aromatic carbocycles. The van der Waals surface area contributed by atoms with Gasteiger partial charge < -0.3 is 10.2 Å². The molecule has 1 aromatic heterocycles. The van der Waals surface area contributed by atoms with Crippen LogP contribution in [0.1, 0.15) is 41.8 Å². The highest BCUT2D eigenvalue weighted by molar-refractivity contribution is 5.73. The minimum atomic E-state index is -0.0702. The Hall–Kier alpha value is -2.30. The van der Waals surface area contributed by atoms with Crippen molar-refractivity contribution in [1.29, 1.82) is 0 Å². The van der Waals surface area contributed by atoms with Gasteiger partial charge in [0.05, 0.1) is 12.2 Å². The summed E-state index contributed by atoms with van der Waals surface area (Å²) >= 11 is 0. The van der Waals surface area contributed by atoms with E-state index in [9.17, 15) is 4.79 Å². The quantitative estimate of drug-likeness (QED) is 0.853. The molecule has 2 aromatic rings. The van der Waals surface area contributed by atoms with Gasteiger partial charge in [0.25, 0.3) is 0 Å². The van der Waals surface area contributed by atoms with Gasteiger partial charge in [-0.05, 0) is 36.8 Å². The number of H-pyrrole nitrogens is 1. The second kappa shape index (κ2) is 7.31. The van der Waals surface area contributed by atoms with E-state index in [1.807, 2.05) is 37.4 Å². The number of hydrogen-bond acceptors (Lipinski definition) is 2. The Morgan fingerprint density at radius 2 is 2.00 bits per heavy atom. The molecule has 1 heterocycles. The molecule has 1 aliphatic carbocycles. The number of carbonyl (C=O) groups is 1. The Kier molecular flexibility index (Phi) is 4.95. The molecule has 2 N–H and O–H groups in total. The Balaban J connectivity index is 1.57. The number of nitrogens with zero attached hydrogens (tertiary/aromatic N) is 2. The van der Waals surface area contributed by atoms with E-state index in [1.165, 1.54) is 30.5 Å². The summed E-state index contributed by atoms with van der Waals surface area (Å²) in [7, 11) is 1.82. The summed E-state index contributed by atoms with van der Waals surface area (Å²) in [6.45, 7) is 1.09. The zero-order chi connectivity index (χ0) is 16.1. The molecule has 3 rings (SSSR count). The molecule has 2 amide bonds. The van der Waals surface area contributed by atoms with E-state index in [2.05, 4.69) is 15.5 Å². The summed E-state index contributed by atoms with van der Waals surface area (Å²) in [6.07, 6.45) is 5.85. The van der Waals surface area contributed by atoms with Gasteiger partial charge in [-0.2, -0.15) is 5.10 Å². The molecule has 1 aliphatic rings. The van der Waals surface area contributed by atoms with Crippen LogP contribution in [0.5, 0.6) is 0 Å². The van der Waals surface area contributed by atoms with Gasteiger partial charge in [-0.1, -0.05) is 36.8 Å². The third kappa shape index (κ3) is 3.92. The lowest BCUT2D eigenvalue weighted by atomic mass is 10.1. The predicted octanol–water partition coefficient (Wildman–Crippen LogP) is 3.02. The number of fused-ring (bicyclic) bond motifs is 1. The number of benzene rings is 1. The number of carbonyl (C=O) groups excluding carboxylic acids is 1. The van der Waals surface area contributed by atoms with E-state index in [0.29, 0.717) is 13.1 Å². The molecule has 5 nitrogen and oxygen atoms in total. The molecule has 0 radical (unpaired) electrons. The van der Waals surface area contributed by atoms with Crippen molar-refractivity contribution in [3.8, 4) is 0 Å². The molecule has 0 saturated heterocycles. The van der Waals surface area contributed by atoms with Gasteiger partial charge in [-0.3, -0.25) is 5.10 Å². The van der Waals surface area contributed by atoms with Crippen molar-refractivity contribution in [2.75, 3.05) is 7.05 Å². The summed E-state index contributed by atoms with van der Waals surface area (Å²) in [6, 6.07) is 9.87. The lowest BCUT2D eigenvalue weighted by Crippen LogP contribution is -2.36. The zero-order valence-corrected chi connectivity index (χ0v) is 13.6. The molecule has 0 aliphatic heterocycles. The van der Waals surface area contributed by atoms with E-state index in [-0.39, 0.29) is 6.03 Å². The van der Waals surface area contributed by atoms with Crippen LogP contribution in [0.25, 0.3) is 0 Å². The third-order valence-corrected chi connectivity index (χ3v) is 4.41. The second-order valence-electron chi connectivity index (χ2n) is 6.19. The van der Waals surface area contributed by atoms with E-state index in [0.717, 1.165) is 24.1 Å². The van der Waals surface area contributed by atoms with Gasteiger partial charge in [-0.15, -0.1) is 0 Å². The Labute approximate surface area is 137 Å². The number of nitrogens with one attached hydrogen (secondary N) is 2. The number of rotatable bonds is 4. The lowest BCUT2D eigenvalue weighted by Gasteiger charge is -2.17. The smallest absolute Gasteiger partial charge is 0.317 e. The fraction of sp³-hybridized carbons (Fsp3) is 0.444. The van der Waals surface area contributed by atoms with Crippen molar-refractivity contribution in [3.05, 3.63) is 52.8 Å². The van der Waals surface area contributed by atoms with Crippen LogP contribution < -0.4 is 5.32 Å². The first-order chi connectivity index (χ1) is 11.2. The molecule has 0 saturated carbocycles. The maximum Gasteiger partial charge on any atom is 0.317 e. The normalized spacial score (nSPS) is 14.0. The molecule has 23 heavy (non-hydrogen) atoms. The summed E-state index contributed by atoms with van der Waals surface area (Å²) in [5.41, 5.74) is 4.70. The standard InChI is InChI=1S/C18H24N4O/c1-22(18(23)19-12-14-8-4-2-5-9-14)13-17-15-10-6-3-7-11-16(15)20-21-17/h2,4-5,8-9H,3,6-7,10-13H2,1H3,(H,19,23)(H,20,21). The largest absolute Gasteiger partial charge is 0.334 e. The average molecular weight is 312 g/mol. The van der Waals surface area contributed by atoms with Crippen LogP contribution in [0.3, 0.4) is 0 Å². The molecule has 0 unspecified atom stereocenters. The van der Waals surface area contributed by atoms with Crippen molar-refractivity contribution in [3.63, 3.8) is 0 Å². The molecule has 0 fully saturated rings. The van der Waals surface area contributed by atoms with Gasteiger partial charge in [-0.25, -0.2) is 4.79 Å². The molecular weight excluding hydrogens is 288 g/mol. The third-order valence-electron chi connectivity index (χ3n) is 4.41. The van der Waals surface area contributed by atoms with E-state index in [1.54, 1.807) is 4.90 Å². The van der Waals surface area contributed by atoms with Gasteiger partial charge in [0, 0.05) is 19.3 Å². The zero-order valence-electron chi connectivity index (χ0n) is 13.6. The number of hydrogen-bond donors (Lipinski definition) is 2. The number of aromatic amines is 1. The number of aryl methyl sites for hydroxylation is 1. The summed E-state index contributed by atoms with van der Waals surface area (Å²) in [5.74, 6) is 0. The summed E-state index contributed by atoms with van der Waals surface area (Å²) < 4.78 is 0. The van der Waals surface area contributed by atoms with Gasteiger partial charge >= 0.3 is 6.03 Å². The highest BCUT2D eigenvalue weighted by Crippen LogP contribution is 2.22. The van der Waals surface area contributed by atoms with Crippen LogP contribution in [0.2, 0.25) is 0 Å². The number of aromatic nitrogens is 2. The van der Waals surface area contributed by atoms with Crippen molar-refractivity contribution in [2.24, 2.45) is 0 Å². The Bertz CT molecular complexity index is 650. The first-order valence-electron chi connectivity index (χ1n) is 8.32. The first-order valence-corrected chi connectivity index (χ1v) is 8.32. The summed E-state index contributed by atoms with van der Waals surface area (Å²) in [4.78, 5) is 14.0. The maximum absolute atomic E-state index is 12.3. The minimum absolute atomic E-state index is 0.0702. The van der Waals surface area contributed by atoms with Crippen molar-refractivity contribution >= 4 is 6.03 Å². The van der Waals surface area contributed by atoms with Crippen LogP contribution in [0.15, 0.2) is 30.3 Å². The molecule has 5 heteroatoms. The average Bonchev–Trinajstić information content (AvgIpc) is 2.81. The van der Waals surface area contributed by atoms with Crippen molar-refractivity contribution < 1.29 is 4.79 Å². The highest BCUT2D eigenvalue weighted by Gasteiger charge is 2.18. The number of urea groups is 1. The molecule has 122 valence electrons. The van der Waals surface area contributed by atoms with Gasteiger partial charge in [0.2, 0.25) is 0 Å². The van der Waals surface area contributed by atoms with Crippen LogP contribution >= 0.6 is 0 Å². The maximum atomic E-state index is 12.3. The van der Waals surface area contributed by atoms with Crippen LogP contribution in [0, 0.1) is 0 Å². The molecule has 0 atom stereocenters. The van der Waals surface area contributed by atoms with Crippen LogP contribution in [0.4, 0.5) is 4.79 Å². The van der Waals surface area contributed by atoms with E-state index in [4.69, 9.17) is 0 Å². The van der Waals surface area contributed by atoms with Crippen LogP contribution in [-0.2, 0) is 25.9 Å². The van der Waals surface area contributed by atoms with E-state index >= 15 is 0 Å². The fourth-order valence-corrected chi connectivity index (χ4v) is 3.06. The minimum Gasteiger partial charge on any atom is -0.334 e. The molecule has 0 bridgehead atoms. The van der Waals surface area contributed by atoms with Crippen molar-refractivity contribution in [1.82, 2.24) is 20.4 Å². The summed E-state index contributed by atoms with van der Waals surface area (Å²) in [5, 5.41) is 10.5. The monoisotopic (exact) mass is 312 g/mol. The predicted molar refractivity (Wildman–Crippen MR) is 90.0 cm³/mol. The highest BCUT2D eigenvalue weighted by atomic mass is 16.2.